The van der Waals surface area contributed by atoms with Crippen LogP contribution in [0.1, 0.15) is 52.5 Å². The minimum atomic E-state index is 0.464. The fourth-order valence-corrected chi connectivity index (χ4v) is 2.53. The van der Waals surface area contributed by atoms with Crippen LogP contribution in [-0.2, 0) is 0 Å². The minimum Gasteiger partial charge on any atom is -0.372 e. The number of hydrogen-bond acceptors (Lipinski definition) is 1. The van der Waals surface area contributed by atoms with Gasteiger partial charge in [0.05, 0.1) is 0 Å². The number of benzene rings is 1. The van der Waals surface area contributed by atoms with Gasteiger partial charge < -0.3 is 4.90 Å². The first-order valence-electron chi connectivity index (χ1n) is 7.30. The van der Waals surface area contributed by atoms with E-state index in [0.717, 1.165) is 13.1 Å². The van der Waals surface area contributed by atoms with Gasteiger partial charge in [-0.25, -0.2) is 0 Å². The average molecular weight is 247 g/mol. The molecule has 1 heteroatoms. The van der Waals surface area contributed by atoms with E-state index in [2.05, 4.69) is 63.8 Å². The highest BCUT2D eigenvalue weighted by atomic mass is 15.1. The molecule has 0 aromatic heterocycles. The molecule has 1 aromatic carbocycles. The second-order valence-corrected chi connectivity index (χ2v) is 6.08. The SMILES string of the molecule is CCCC(C)(C)CCN(CC)c1cccc(C)c1. The minimum absolute atomic E-state index is 0.464. The van der Waals surface area contributed by atoms with Crippen LogP contribution in [-0.4, -0.2) is 13.1 Å². The molecule has 0 saturated carbocycles. The zero-order valence-electron chi connectivity index (χ0n) is 12.8. The van der Waals surface area contributed by atoms with Crippen LogP contribution in [0.2, 0.25) is 0 Å². The maximum atomic E-state index is 2.49. The van der Waals surface area contributed by atoms with Crippen LogP contribution in [0.15, 0.2) is 24.3 Å². The van der Waals surface area contributed by atoms with E-state index in [0.29, 0.717) is 5.41 Å². The summed E-state index contributed by atoms with van der Waals surface area (Å²) in [6.45, 7) is 13.7. The van der Waals surface area contributed by atoms with Gasteiger partial charge >= 0.3 is 0 Å². The highest BCUT2D eigenvalue weighted by Crippen LogP contribution is 2.28. The third-order valence-electron chi connectivity index (χ3n) is 3.73. The Morgan fingerprint density at radius 2 is 1.83 bits per heavy atom. The fourth-order valence-electron chi connectivity index (χ4n) is 2.53. The van der Waals surface area contributed by atoms with Crippen molar-refractivity contribution in [3.05, 3.63) is 29.8 Å². The molecule has 0 bridgehead atoms. The van der Waals surface area contributed by atoms with Crippen molar-refractivity contribution >= 4 is 5.69 Å². The van der Waals surface area contributed by atoms with Crippen LogP contribution < -0.4 is 4.90 Å². The van der Waals surface area contributed by atoms with Gasteiger partial charge in [0.15, 0.2) is 0 Å². The fraction of sp³-hybridized carbons (Fsp3) is 0.647. The molecule has 1 aromatic rings. The Morgan fingerprint density at radius 1 is 1.11 bits per heavy atom. The normalized spacial score (nSPS) is 11.6. The van der Waals surface area contributed by atoms with E-state index in [-0.39, 0.29) is 0 Å². The largest absolute Gasteiger partial charge is 0.372 e. The number of hydrogen-bond donors (Lipinski definition) is 0. The molecule has 0 radical (unpaired) electrons. The Bertz CT molecular complexity index is 354. The lowest BCUT2D eigenvalue weighted by Gasteiger charge is -2.30. The smallest absolute Gasteiger partial charge is 0.0368 e. The predicted molar refractivity (Wildman–Crippen MR) is 82.4 cm³/mol. The molecule has 0 atom stereocenters. The summed E-state index contributed by atoms with van der Waals surface area (Å²) in [5.74, 6) is 0. The maximum absolute atomic E-state index is 2.49. The van der Waals surface area contributed by atoms with E-state index in [1.165, 1.54) is 30.5 Å². The van der Waals surface area contributed by atoms with Gasteiger partial charge in [0.1, 0.15) is 0 Å². The zero-order chi connectivity index (χ0) is 13.6. The van der Waals surface area contributed by atoms with Gasteiger partial charge in [0.25, 0.3) is 0 Å². The molecule has 0 heterocycles. The van der Waals surface area contributed by atoms with Crippen LogP contribution in [0, 0.1) is 12.3 Å². The number of nitrogens with zero attached hydrogens (tertiary/aromatic N) is 1. The monoisotopic (exact) mass is 247 g/mol. The van der Waals surface area contributed by atoms with Crippen molar-refractivity contribution in [1.82, 2.24) is 0 Å². The lowest BCUT2D eigenvalue weighted by molar-refractivity contribution is 0.307. The van der Waals surface area contributed by atoms with E-state index in [9.17, 15) is 0 Å². The Balaban J connectivity index is 2.63. The first-order valence-corrected chi connectivity index (χ1v) is 7.30. The molecule has 0 aliphatic rings. The van der Waals surface area contributed by atoms with E-state index >= 15 is 0 Å². The van der Waals surface area contributed by atoms with E-state index < -0.39 is 0 Å². The van der Waals surface area contributed by atoms with Crippen molar-refractivity contribution in [2.24, 2.45) is 5.41 Å². The van der Waals surface area contributed by atoms with Crippen molar-refractivity contribution in [2.75, 3.05) is 18.0 Å². The van der Waals surface area contributed by atoms with Crippen molar-refractivity contribution < 1.29 is 0 Å². The van der Waals surface area contributed by atoms with Gasteiger partial charge in [-0.2, -0.15) is 0 Å². The summed E-state index contributed by atoms with van der Waals surface area (Å²) in [6, 6.07) is 8.84. The molecular formula is C17H29N. The zero-order valence-corrected chi connectivity index (χ0v) is 12.8. The lowest BCUT2D eigenvalue weighted by atomic mass is 9.84. The van der Waals surface area contributed by atoms with Gasteiger partial charge in [-0.15, -0.1) is 0 Å². The molecule has 1 rings (SSSR count). The Morgan fingerprint density at radius 3 is 2.39 bits per heavy atom. The van der Waals surface area contributed by atoms with Crippen molar-refractivity contribution in [3.8, 4) is 0 Å². The molecule has 0 aliphatic carbocycles. The highest BCUT2D eigenvalue weighted by Gasteiger charge is 2.17. The van der Waals surface area contributed by atoms with Crippen LogP contribution in [0.3, 0.4) is 0 Å². The van der Waals surface area contributed by atoms with Gasteiger partial charge in [-0.05, 0) is 49.8 Å². The van der Waals surface area contributed by atoms with Gasteiger partial charge in [0, 0.05) is 18.8 Å². The van der Waals surface area contributed by atoms with Crippen LogP contribution >= 0.6 is 0 Å². The molecule has 0 N–H and O–H groups in total. The number of anilines is 1. The maximum Gasteiger partial charge on any atom is 0.0368 e. The third kappa shape index (κ3) is 4.72. The molecule has 0 fully saturated rings. The van der Waals surface area contributed by atoms with Crippen molar-refractivity contribution in [1.29, 1.82) is 0 Å². The molecule has 102 valence electrons. The molecule has 0 saturated heterocycles. The Kier molecular flexibility index (Phi) is 5.71. The summed E-state index contributed by atoms with van der Waals surface area (Å²) in [5, 5.41) is 0. The topological polar surface area (TPSA) is 3.24 Å². The average Bonchev–Trinajstić information content (AvgIpc) is 2.29. The van der Waals surface area contributed by atoms with Gasteiger partial charge in [0.2, 0.25) is 0 Å². The van der Waals surface area contributed by atoms with Crippen LogP contribution in [0.4, 0.5) is 5.69 Å². The van der Waals surface area contributed by atoms with Crippen LogP contribution in [0.5, 0.6) is 0 Å². The molecule has 0 unspecified atom stereocenters. The highest BCUT2D eigenvalue weighted by molar-refractivity contribution is 5.48. The van der Waals surface area contributed by atoms with Crippen molar-refractivity contribution in [2.45, 2.75) is 53.9 Å². The second-order valence-electron chi connectivity index (χ2n) is 6.08. The van der Waals surface area contributed by atoms with Gasteiger partial charge in [-0.3, -0.25) is 0 Å². The molecule has 0 aliphatic heterocycles. The number of aryl methyl sites for hydroxylation is 1. The standard InChI is InChI=1S/C17H29N/c1-6-11-17(4,5)12-13-18(7-2)16-10-8-9-15(3)14-16/h8-10,14H,6-7,11-13H2,1-5H3. The summed E-state index contributed by atoms with van der Waals surface area (Å²) in [6.07, 6.45) is 3.87. The molecular weight excluding hydrogens is 218 g/mol. The summed E-state index contributed by atoms with van der Waals surface area (Å²) < 4.78 is 0. The van der Waals surface area contributed by atoms with E-state index in [1.54, 1.807) is 0 Å². The summed E-state index contributed by atoms with van der Waals surface area (Å²) >= 11 is 0. The first-order chi connectivity index (χ1) is 8.48. The Labute approximate surface area is 113 Å². The molecule has 18 heavy (non-hydrogen) atoms. The van der Waals surface area contributed by atoms with Crippen LogP contribution in [0.25, 0.3) is 0 Å². The second kappa shape index (κ2) is 6.82. The van der Waals surface area contributed by atoms with Gasteiger partial charge in [-0.1, -0.05) is 39.3 Å². The summed E-state index contributed by atoms with van der Waals surface area (Å²) in [7, 11) is 0. The Hall–Kier alpha value is -0.980. The summed E-state index contributed by atoms with van der Waals surface area (Å²) in [5.41, 5.74) is 3.18. The lowest BCUT2D eigenvalue weighted by Crippen LogP contribution is -2.28. The van der Waals surface area contributed by atoms with Crippen molar-refractivity contribution in [3.63, 3.8) is 0 Å². The quantitative estimate of drug-likeness (QED) is 0.652. The molecule has 0 amide bonds. The first kappa shape index (κ1) is 15.1. The third-order valence-corrected chi connectivity index (χ3v) is 3.73. The predicted octanol–water partition coefficient (Wildman–Crippen LogP) is 5.04. The van der Waals surface area contributed by atoms with E-state index in [1.807, 2.05) is 0 Å². The number of rotatable bonds is 7. The molecule has 1 nitrogen and oxygen atoms in total. The molecule has 0 spiro atoms. The van der Waals surface area contributed by atoms with E-state index in [4.69, 9.17) is 0 Å². The summed E-state index contributed by atoms with van der Waals surface area (Å²) in [4.78, 5) is 2.49.